The zero-order valence-corrected chi connectivity index (χ0v) is 9.10. The molecule has 13 heavy (non-hydrogen) atoms. The highest BCUT2D eigenvalue weighted by Gasteiger charge is 2.40. The second kappa shape index (κ2) is 3.63. The summed E-state index contributed by atoms with van der Waals surface area (Å²) in [7, 11) is -1.93. The first kappa shape index (κ1) is 12.4. The van der Waals surface area contributed by atoms with Crippen molar-refractivity contribution in [3.63, 3.8) is 0 Å². The molecule has 78 valence electrons. The maximum atomic E-state index is 11.3. The van der Waals surface area contributed by atoms with Gasteiger partial charge in [0, 0.05) is 13.3 Å². The third-order valence-electron chi connectivity index (χ3n) is 2.23. The van der Waals surface area contributed by atoms with Gasteiger partial charge in [0.25, 0.3) is 0 Å². The van der Waals surface area contributed by atoms with Gasteiger partial charge in [0.05, 0.1) is 4.75 Å². The summed E-state index contributed by atoms with van der Waals surface area (Å²) in [6, 6.07) is -1.05. The van der Waals surface area contributed by atoms with Crippen LogP contribution in [0.5, 0.6) is 0 Å². The first-order chi connectivity index (χ1) is 5.64. The molecule has 5 nitrogen and oxygen atoms in total. The minimum absolute atomic E-state index is 0.476. The maximum Gasteiger partial charge on any atom is 0.238 e. The van der Waals surface area contributed by atoms with E-state index in [2.05, 4.69) is 5.32 Å². The van der Waals surface area contributed by atoms with E-state index in [1.165, 1.54) is 20.9 Å². The summed E-state index contributed by atoms with van der Waals surface area (Å²) in [6.07, 6.45) is 1.07. The smallest absolute Gasteiger partial charge is 0.238 e. The van der Waals surface area contributed by atoms with Crippen molar-refractivity contribution in [3.05, 3.63) is 0 Å². The van der Waals surface area contributed by atoms with Gasteiger partial charge in [0.2, 0.25) is 5.91 Å². The number of carbonyl (C=O) groups is 1. The Labute approximate surface area is 78.6 Å². The van der Waals surface area contributed by atoms with Crippen molar-refractivity contribution in [1.29, 1.82) is 0 Å². The number of carbonyl (C=O) groups excluding carboxylic acids is 1. The molecule has 0 spiro atoms. The standard InChI is InChI=1S/C7H16N2O3S/c1-7(2,13(4,11)12)5(8)6(10)9-3/h5H,8H2,1-4H3,(H,9,10)/t5-/m1/s1. The topological polar surface area (TPSA) is 89.3 Å². The van der Waals surface area contributed by atoms with Gasteiger partial charge in [-0.2, -0.15) is 0 Å². The second-order valence-corrected chi connectivity index (χ2v) is 6.06. The Morgan fingerprint density at radius 3 is 2.08 bits per heavy atom. The monoisotopic (exact) mass is 208 g/mol. The summed E-state index contributed by atoms with van der Waals surface area (Å²) in [4.78, 5) is 11.1. The lowest BCUT2D eigenvalue weighted by atomic mass is 10.0. The van der Waals surface area contributed by atoms with Crippen LogP contribution in [0.1, 0.15) is 13.8 Å². The molecule has 0 aromatic rings. The van der Waals surface area contributed by atoms with E-state index >= 15 is 0 Å². The number of nitrogens with one attached hydrogen (secondary N) is 1. The molecule has 0 saturated heterocycles. The molecular formula is C7H16N2O3S. The molecule has 0 aromatic heterocycles. The minimum Gasteiger partial charge on any atom is -0.358 e. The van der Waals surface area contributed by atoms with Gasteiger partial charge in [-0.15, -0.1) is 0 Å². The Bertz CT molecular complexity index is 295. The largest absolute Gasteiger partial charge is 0.358 e. The average Bonchev–Trinajstić information content (AvgIpc) is 1.99. The Kier molecular flexibility index (Phi) is 3.46. The van der Waals surface area contributed by atoms with E-state index in [1.54, 1.807) is 0 Å². The molecule has 0 unspecified atom stereocenters. The average molecular weight is 208 g/mol. The fourth-order valence-electron chi connectivity index (χ4n) is 0.702. The van der Waals surface area contributed by atoms with E-state index in [1.807, 2.05) is 0 Å². The molecule has 0 heterocycles. The van der Waals surface area contributed by atoms with Crippen molar-refractivity contribution < 1.29 is 13.2 Å². The molecule has 0 radical (unpaired) electrons. The molecule has 0 bridgehead atoms. The fourth-order valence-corrected chi connectivity index (χ4v) is 1.27. The van der Waals surface area contributed by atoms with Gasteiger partial charge in [0.15, 0.2) is 9.84 Å². The minimum atomic E-state index is -3.34. The van der Waals surface area contributed by atoms with E-state index in [9.17, 15) is 13.2 Å². The summed E-state index contributed by atoms with van der Waals surface area (Å²) in [5.74, 6) is -0.476. The van der Waals surface area contributed by atoms with E-state index in [0.29, 0.717) is 0 Å². The van der Waals surface area contributed by atoms with Gasteiger partial charge in [-0.05, 0) is 13.8 Å². The summed E-state index contributed by atoms with van der Waals surface area (Å²) in [5, 5.41) is 2.31. The highest BCUT2D eigenvalue weighted by molar-refractivity contribution is 7.92. The van der Waals surface area contributed by atoms with Crippen LogP contribution in [0.15, 0.2) is 0 Å². The van der Waals surface area contributed by atoms with Crippen LogP contribution in [-0.4, -0.2) is 38.4 Å². The van der Waals surface area contributed by atoms with E-state index in [0.717, 1.165) is 6.26 Å². The van der Waals surface area contributed by atoms with Crippen molar-refractivity contribution in [2.75, 3.05) is 13.3 Å². The van der Waals surface area contributed by atoms with Crippen LogP contribution in [0, 0.1) is 0 Å². The van der Waals surface area contributed by atoms with E-state index in [4.69, 9.17) is 5.73 Å². The zero-order valence-electron chi connectivity index (χ0n) is 8.29. The lowest BCUT2D eigenvalue weighted by Gasteiger charge is -2.27. The summed E-state index contributed by atoms with van der Waals surface area (Å²) < 4.78 is 21.3. The normalized spacial score (nSPS) is 15.2. The molecule has 0 aliphatic rings. The molecule has 0 rings (SSSR count). The third kappa shape index (κ3) is 2.41. The molecule has 0 saturated carbocycles. The molecule has 0 aromatic carbocycles. The lowest BCUT2D eigenvalue weighted by molar-refractivity contribution is -0.122. The van der Waals surface area contributed by atoms with Crippen molar-refractivity contribution in [2.24, 2.45) is 5.73 Å². The lowest BCUT2D eigenvalue weighted by Crippen LogP contribution is -2.56. The zero-order chi connectivity index (χ0) is 10.9. The first-order valence-electron chi connectivity index (χ1n) is 3.81. The molecule has 0 aliphatic carbocycles. The van der Waals surface area contributed by atoms with Crippen molar-refractivity contribution >= 4 is 15.7 Å². The maximum absolute atomic E-state index is 11.3. The number of hydrogen-bond acceptors (Lipinski definition) is 4. The second-order valence-electron chi connectivity index (χ2n) is 3.47. The third-order valence-corrected chi connectivity index (χ3v) is 4.40. The molecule has 0 aliphatic heterocycles. The molecule has 1 atom stereocenters. The van der Waals surface area contributed by atoms with Crippen molar-refractivity contribution in [2.45, 2.75) is 24.6 Å². The predicted octanol–water partition coefficient (Wildman–Crippen LogP) is -1.12. The SMILES string of the molecule is CNC(=O)[C@@H](N)C(C)(C)S(C)(=O)=O. The molecular weight excluding hydrogens is 192 g/mol. The van der Waals surface area contributed by atoms with Gasteiger partial charge in [-0.25, -0.2) is 8.42 Å². The molecule has 6 heteroatoms. The van der Waals surface area contributed by atoms with Crippen LogP contribution in [0.25, 0.3) is 0 Å². The highest BCUT2D eigenvalue weighted by Crippen LogP contribution is 2.18. The Balaban J connectivity index is 4.96. The highest BCUT2D eigenvalue weighted by atomic mass is 32.2. The Morgan fingerprint density at radius 2 is 1.85 bits per heavy atom. The van der Waals surface area contributed by atoms with Crippen LogP contribution in [0.4, 0.5) is 0 Å². The van der Waals surface area contributed by atoms with Crippen LogP contribution in [0.2, 0.25) is 0 Å². The molecule has 3 N–H and O–H groups in total. The number of amides is 1. The predicted molar refractivity (Wildman–Crippen MR) is 51.0 cm³/mol. The Hall–Kier alpha value is -0.620. The van der Waals surface area contributed by atoms with E-state index < -0.39 is 26.5 Å². The summed E-state index contributed by atoms with van der Waals surface area (Å²) in [5.41, 5.74) is 5.50. The first-order valence-corrected chi connectivity index (χ1v) is 5.70. The van der Waals surface area contributed by atoms with Gasteiger partial charge < -0.3 is 11.1 Å². The van der Waals surface area contributed by atoms with Gasteiger partial charge in [-0.1, -0.05) is 0 Å². The van der Waals surface area contributed by atoms with Gasteiger partial charge in [-0.3, -0.25) is 4.79 Å². The number of likely N-dealkylation sites (N-methyl/N-ethyl adjacent to an activating group) is 1. The van der Waals surface area contributed by atoms with Crippen LogP contribution < -0.4 is 11.1 Å². The molecule has 0 fully saturated rings. The fraction of sp³-hybridized carbons (Fsp3) is 0.857. The van der Waals surface area contributed by atoms with E-state index in [-0.39, 0.29) is 0 Å². The Morgan fingerprint density at radius 1 is 1.46 bits per heavy atom. The van der Waals surface area contributed by atoms with Gasteiger partial charge in [0.1, 0.15) is 6.04 Å². The van der Waals surface area contributed by atoms with Crippen molar-refractivity contribution in [1.82, 2.24) is 5.32 Å². The van der Waals surface area contributed by atoms with Crippen molar-refractivity contribution in [3.8, 4) is 0 Å². The number of sulfone groups is 1. The number of hydrogen-bond donors (Lipinski definition) is 2. The number of rotatable bonds is 3. The molecule has 1 amide bonds. The number of nitrogens with two attached hydrogens (primary N) is 1. The van der Waals surface area contributed by atoms with Crippen LogP contribution >= 0.6 is 0 Å². The quantitative estimate of drug-likeness (QED) is 0.615. The van der Waals surface area contributed by atoms with Crippen LogP contribution in [-0.2, 0) is 14.6 Å². The summed E-state index contributed by atoms with van der Waals surface area (Å²) >= 11 is 0. The summed E-state index contributed by atoms with van der Waals surface area (Å²) in [6.45, 7) is 2.87. The van der Waals surface area contributed by atoms with Gasteiger partial charge >= 0.3 is 0 Å². The van der Waals surface area contributed by atoms with Crippen LogP contribution in [0.3, 0.4) is 0 Å².